The number of fused-ring (bicyclic) bond motifs is 1. The molecule has 1 aromatic heterocycles. The lowest BCUT2D eigenvalue weighted by Crippen LogP contribution is -2.46. The minimum Gasteiger partial charge on any atom is -0.391 e. The van der Waals surface area contributed by atoms with E-state index in [0.29, 0.717) is 12.3 Å². The first-order valence-corrected chi connectivity index (χ1v) is 14.4. The lowest BCUT2D eigenvalue weighted by atomic mass is 9.80. The van der Waals surface area contributed by atoms with Crippen LogP contribution in [0.15, 0.2) is 24.4 Å². The van der Waals surface area contributed by atoms with Crippen LogP contribution in [-0.2, 0) is 27.2 Å². The van der Waals surface area contributed by atoms with Gasteiger partial charge < -0.3 is 31.6 Å². The number of benzene rings is 1. The number of nitrogens with one attached hydrogen (secondary N) is 2. The van der Waals surface area contributed by atoms with Crippen molar-refractivity contribution < 1.29 is 19.4 Å². The van der Waals surface area contributed by atoms with E-state index in [1.54, 1.807) is 21.0 Å². The summed E-state index contributed by atoms with van der Waals surface area (Å²) in [6.07, 6.45) is 5.02. The van der Waals surface area contributed by atoms with Gasteiger partial charge in [-0.3, -0.25) is 9.59 Å². The van der Waals surface area contributed by atoms with E-state index < -0.39 is 29.4 Å². The number of amides is 2. The number of primary amides is 1. The van der Waals surface area contributed by atoms with Crippen LogP contribution in [0.1, 0.15) is 71.9 Å². The average molecular weight is 545 g/mol. The number of nitrogens with two attached hydrogens (primary N) is 2. The van der Waals surface area contributed by atoms with Crippen LogP contribution in [0.2, 0.25) is 0 Å². The van der Waals surface area contributed by atoms with Gasteiger partial charge in [0.2, 0.25) is 11.8 Å². The third kappa shape index (κ3) is 9.62. The Bertz CT molecular complexity index is 1060. The molecule has 2 rings (SSSR count). The second-order valence-corrected chi connectivity index (χ2v) is 12.5. The normalized spacial score (nSPS) is 15.5. The van der Waals surface area contributed by atoms with Crippen molar-refractivity contribution in [3.8, 4) is 0 Å². The molecular weight excluding hydrogens is 492 g/mol. The van der Waals surface area contributed by atoms with Gasteiger partial charge in [-0.15, -0.1) is 0 Å². The number of aryl methyl sites for hydroxylation is 1. The van der Waals surface area contributed by atoms with Crippen LogP contribution >= 0.6 is 0 Å². The number of H-pyrrole nitrogens is 1. The molecule has 4 atom stereocenters. The Morgan fingerprint density at radius 1 is 1.13 bits per heavy atom. The van der Waals surface area contributed by atoms with Gasteiger partial charge in [-0.2, -0.15) is 0 Å². The highest BCUT2D eigenvalue weighted by Crippen LogP contribution is 2.28. The molecule has 8 heteroatoms. The first-order valence-electron chi connectivity index (χ1n) is 14.4. The van der Waals surface area contributed by atoms with Gasteiger partial charge in [0.1, 0.15) is 0 Å². The predicted molar refractivity (Wildman–Crippen MR) is 158 cm³/mol. The monoisotopic (exact) mass is 544 g/mol. The Balaban J connectivity index is 2.05. The van der Waals surface area contributed by atoms with E-state index in [4.69, 9.17) is 16.2 Å². The smallest absolute Gasteiger partial charge is 0.224 e. The zero-order chi connectivity index (χ0) is 29.3. The predicted octanol–water partition coefficient (Wildman–Crippen LogP) is 3.93. The lowest BCUT2D eigenvalue weighted by Gasteiger charge is -2.30. The first-order chi connectivity index (χ1) is 18.3. The van der Waals surface area contributed by atoms with E-state index in [1.807, 2.05) is 13.8 Å². The standard InChI is InChI=1S/C31H52N4O4/c1-19(2)23(13-21-10-11-27-25(14-21)22(17-34-27)9-8-12-39-7)15-26(32)28(36)16-24(20(3)4)29(37)35-18-31(5,6)30(33)38/h10-11,14,17,19-20,23-24,26,28,34,36H,8-9,12-13,15-16,18,32H2,1-7H3,(H2,33,38)(H,35,37). The van der Waals surface area contributed by atoms with Crippen molar-refractivity contribution in [1.29, 1.82) is 0 Å². The summed E-state index contributed by atoms with van der Waals surface area (Å²) in [7, 11) is 1.73. The highest BCUT2D eigenvalue weighted by molar-refractivity contribution is 5.84. The van der Waals surface area contributed by atoms with E-state index in [1.165, 1.54) is 16.5 Å². The molecule has 0 saturated heterocycles. The van der Waals surface area contributed by atoms with Crippen molar-refractivity contribution in [3.05, 3.63) is 35.5 Å². The summed E-state index contributed by atoms with van der Waals surface area (Å²) in [6.45, 7) is 12.6. The van der Waals surface area contributed by atoms with Gasteiger partial charge in [-0.25, -0.2) is 0 Å². The summed E-state index contributed by atoms with van der Waals surface area (Å²) in [4.78, 5) is 28.0. The molecule has 7 N–H and O–H groups in total. The summed E-state index contributed by atoms with van der Waals surface area (Å²) in [5.74, 6) is -0.400. The number of hydrogen-bond donors (Lipinski definition) is 5. The average Bonchev–Trinajstić information content (AvgIpc) is 3.27. The molecule has 0 bridgehead atoms. The topological polar surface area (TPSA) is 143 Å². The summed E-state index contributed by atoms with van der Waals surface area (Å²) in [6, 6.07) is 6.14. The molecule has 0 aliphatic carbocycles. The molecule has 1 aromatic carbocycles. The van der Waals surface area contributed by atoms with E-state index in [9.17, 15) is 14.7 Å². The number of methoxy groups -OCH3 is 1. The minimum absolute atomic E-state index is 0.00981. The van der Waals surface area contributed by atoms with Crippen molar-refractivity contribution in [3.63, 3.8) is 0 Å². The molecule has 2 amide bonds. The van der Waals surface area contributed by atoms with Crippen LogP contribution < -0.4 is 16.8 Å². The van der Waals surface area contributed by atoms with Gasteiger partial charge >= 0.3 is 0 Å². The van der Waals surface area contributed by atoms with Gasteiger partial charge in [-0.1, -0.05) is 33.8 Å². The molecule has 4 unspecified atom stereocenters. The quantitative estimate of drug-likeness (QED) is 0.192. The van der Waals surface area contributed by atoms with E-state index in [-0.39, 0.29) is 30.7 Å². The largest absolute Gasteiger partial charge is 0.391 e. The molecule has 0 spiro atoms. The Labute approximate surface area is 234 Å². The number of aliphatic hydroxyl groups excluding tert-OH is 1. The highest BCUT2D eigenvalue weighted by atomic mass is 16.5. The van der Waals surface area contributed by atoms with Crippen LogP contribution in [0, 0.1) is 29.1 Å². The number of aromatic nitrogens is 1. The number of aliphatic hydroxyl groups is 1. The van der Waals surface area contributed by atoms with Crippen LogP contribution in [0.5, 0.6) is 0 Å². The van der Waals surface area contributed by atoms with Crippen LogP contribution in [0.4, 0.5) is 0 Å². The Morgan fingerprint density at radius 2 is 1.82 bits per heavy atom. The maximum Gasteiger partial charge on any atom is 0.224 e. The van der Waals surface area contributed by atoms with Crippen molar-refractivity contribution in [2.75, 3.05) is 20.3 Å². The molecule has 39 heavy (non-hydrogen) atoms. The van der Waals surface area contributed by atoms with Gasteiger partial charge in [0.15, 0.2) is 0 Å². The zero-order valence-corrected chi connectivity index (χ0v) is 25.0. The Kier molecular flexibility index (Phi) is 12.5. The second kappa shape index (κ2) is 14.8. The highest BCUT2D eigenvalue weighted by Gasteiger charge is 2.32. The summed E-state index contributed by atoms with van der Waals surface area (Å²) < 4.78 is 5.21. The fourth-order valence-electron chi connectivity index (χ4n) is 5.01. The molecule has 0 fully saturated rings. The Morgan fingerprint density at radius 3 is 2.41 bits per heavy atom. The fourth-order valence-corrected chi connectivity index (χ4v) is 5.01. The first kappa shape index (κ1) is 32.8. The Hall–Kier alpha value is -2.42. The van der Waals surface area contributed by atoms with Crippen molar-refractivity contribution in [2.24, 2.45) is 40.6 Å². The van der Waals surface area contributed by atoms with Gasteiger partial charge in [0, 0.05) is 49.3 Å². The van der Waals surface area contributed by atoms with Gasteiger partial charge in [-0.05, 0) is 87.0 Å². The van der Waals surface area contributed by atoms with Crippen LogP contribution in [-0.4, -0.2) is 54.3 Å². The number of ether oxygens (including phenoxy) is 1. The summed E-state index contributed by atoms with van der Waals surface area (Å²) in [5.41, 5.74) is 14.8. The van der Waals surface area contributed by atoms with E-state index in [2.05, 4.69) is 48.5 Å². The van der Waals surface area contributed by atoms with Crippen LogP contribution in [0.3, 0.4) is 0 Å². The molecule has 0 saturated carbocycles. The van der Waals surface area contributed by atoms with Gasteiger partial charge in [0.25, 0.3) is 0 Å². The SMILES string of the molecule is COCCCc1c[nH]c2ccc(CC(CC(N)C(O)CC(C(=O)NCC(C)(C)C(N)=O)C(C)C)C(C)C)cc12. The number of hydrogen-bond acceptors (Lipinski definition) is 5. The molecule has 8 nitrogen and oxygen atoms in total. The number of carbonyl (C=O) groups excluding carboxylic acids is 2. The maximum atomic E-state index is 13.0. The lowest BCUT2D eigenvalue weighted by molar-refractivity contribution is -0.130. The maximum absolute atomic E-state index is 13.0. The summed E-state index contributed by atoms with van der Waals surface area (Å²) in [5, 5.41) is 15.2. The molecular formula is C31H52N4O4. The third-order valence-electron chi connectivity index (χ3n) is 8.14. The fraction of sp³-hybridized carbons (Fsp3) is 0.677. The second-order valence-electron chi connectivity index (χ2n) is 12.5. The molecule has 0 radical (unpaired) electrons. The molecule has 0 aliphatic rings. The van der Waals surface area contributed by atoms with Gasteiger partial charge in [0.05, 0.1) is 11.5 Å². The molecule has 220 valence electrons. The zero-order valence-electron chi connectivity index (χ0n) is 25.0. The number of aromatic amines is 1. The van der Waals surface area contributed by atoms with Crippen molar-refractivity contribution in [1.82, 2.24) is 10.3 Å². The van der Waals surface area contributed by atoms with E-state index in [0.717, 1.165) is 31.4 Å². The van der Waals surface area contributed by atoms with Crippen molar-refractivity contribution >= 4 is 22.7 Å². The minimum atomic E-state index is -0.842. The van der Waals surface area contributed by atoms with E-state index >= 15 is 0 Å². The molecule has 2 aromatic rings. The van der Waals surface area contributed by atoms with Crippen molar-refractivity contribution in [2.45, 2.75) is 85.8 Å². The third-order valence-corrected chi connectivity index (χ3v) is 8.14. The summed E-state index contributed by atoms with van der Waals surface area (Å²) >= 11 is 0. The molecule has 0 aliphatic heterocycles. The number of carbonyl (C=O) groups is 2. The number of rotatable bonds is 17. The van der Waals surface area contributed by atoms with Crippen LogP contribution in [0.25, 0.3) is 10.9 Å². The molecule has 1 heterocycles.